The minimum absolute atomic E-state index is 0.175. The number of rotatable bonds is 1. The van der Waals surface area contributed by atoms with Crippen LogP contribution in [0.2, 0.25) is 0 Å². The maximum Gasteiger partial charge on any atom is 0.225 e. The van der Waals surface area contributed by atoms with Gasteiger partial charge in [-0.2, -0.15) is 0 Å². The van der Waals surface area contributed by atoms with Crippen LogP contribution in [0.3, 0.4) is 0 Å². The number of hydrogen-bond donors (Lipinski definition) is 1. The summed E-state index contributed by atoms with van der Waals surface area (Å²) in [5.74, 6) is -1.91. The van der Waals surface area contributed by atoms with Crippen molar-refractivity contribution < 1.29 is 14.6 Å². The Labute approximate surface area is 114 Å². The number of ether oxygens (including phenoxy) is 2. The molecule has 0 aromatic heterocycles. The van der Waals surface area contributed by atoms with E-state index in [0.717, 1.165) is 11.1 Å². The molecule has 1 aromatic rings. The van der Waals surface area contributed by atoms with Crippen LogP contribution in [0.25, 0.3) is 0 Å². The van der Waals surface area contributed by atoms with Crippen LogP contribution in [-0.2, 0) is 21.7 Å². The molecule has 0 saturated carbocycles. The minimum atomic E-state index is -1.36. The Morgan fingerprint density at radius 3 is 2.53 bits per heavy atom. The highest BCUT2D eigenvalue weighted by atomic mass is 16.8. The fourth-order valence-corrected chi connectivity index (χ4v) is 3.25. The molecule has 0 radical (unpaired) electrons. The van der Waals surface area contributed by atoms with Gasteiger partial charge in [-0.15, -0.1) is 0 Å². The first-order valence-corrected chi connectivity index (χ1v) is 6.93. The van der Waals surface area contributed by atoms with E-state index in [0.29, 0.717) is 6.42 Å². The van der Waals surface area contributed by atoms with Crippen molar-refractivity contribution >= 4 is 0 Å². The summed E-state index contributed by atoms with van der Waals surface area (Å²) in [6.07, 6.45) is 0.688. The molecular formula is C16H22O3. The molecule has 2 unspecified atom stereocenters. The first-order valence-electron chi connectivity index (χ1n) is 6.93. The predicted molar refractivity (Wildman–Crippen MR) is 72.6 cm³/mol. The SMILES string of the molecule is Cc1ccc2c(c1)CC1(C(C)C)OC(C)(C)C2(O)O1. The molecule has 19 heavy (non-hydrogen) atoms. The quantitative estimate of drug-likeness (QED) is 0.845. The predicted octanol–water partition coefficient (Wildman–Crippen LogP) is 2.87. The molecule has 1 saturated heterocycles. The van der Waals surface area contributed by atoms with Gasteiger partial charge >= 0.3 is 0 Å². The molecule has 2 atom stereocenters. The molecule has 0 amide bonds. The smallest absolute Gasteiger partial charge is 0.225 e. The highest BCUT2D eigenvalue weighted by Crippen LogP contribution is 2.56. The zero-order valence-electron chi connectivity index (χ0n) is 12.3. The summed E-state index contributed by atoms with van der Waals surface area (Å²) in [5, 5.41) is 11.1. The van der Waals surface area contributed by atoms with Gasteiger partial charge in [0.2, 0.25) is 5.79 Å². The lowest BCUT2D eigenvalue weighted by atomic mass is 9.83. The molecule has 3 rings (SSSR count). The maximum absolute atomic E-state index is 11.1. The fourth-order valence-electron chi connectivity index (χ4n) is 3.25. The van der Waals surface area contributed by atoms with Gasteiger partial charge in [0.05, 0.1) is 0 Å². The average molecular weight is 262 g/mol. The third kappa shape index (κ3) is 1.55. The van der Waals surface area contributed by atoms with E-state index in [1.165, 1.54) is 5.56 Å². The van der Waals surface area contributed by atoms with E-state index in [9.17, 15) is 5.11 Å². The van der Waals surface area contributed by atoms with Crippen molar-refractivity contribution in [2.45, 2.75) is 58.2 Å². The second-order valence-electron chi connectivity index (χ2n) is 6.66. The van der Waals surface area contributed by atoms with E-state index in [1.807, 2.05) is 26.0 Å². The van der Waals surface area contributed by atoms with Crippen molar-refractivity contribution in [2.24, 2.45) is 5.92 Å². The van der Waals surface area contributed by atoms with E-state index in [2.05, 4.69) is 26.8 Å². The largest absolute Gasteiger partial charge is 0.359 e. The fraction of sp³-hybridized carbons (Fsp3) is 0.625. The molecule has 1 fully saturated rings. The molecule has 2 heterocycles. The van der Waals surface area contributed by atoms with Crippen molar-refractivity contribution in [3.05, 3.63) is 34.9 Å². The monoisotopic (exact) mass is 262 g/mol. The second kappa shape index (κ2) is 3.60. The van der Waals surface area contributed by atoms with Gasteiger partial charge in [0.15, 0.2) is 5.79 Å². The van der Waals surface area contributed by atoms with Gasteiger partial charge in [0.1, 0.15) is 5.60 Å². The van der Waals surface area contributed by atoms with Crippen LogP contribution in [0, 0.1) is 12.8 Å². The minimum Gasteiger partial charge on any atom is -0.359 e. The Kier molecular flexibility index (Phi) is 2.48. The first kappa shape index (κ1) is 13.1. The standard InChI is InChI=1S/C16H22O3/c1-10(2)15-9-12-8-11(3)6-7-13(12)16(17,19-15)14(4,5)18-15/h6-8,10,17H,9H2,1-5H3. The Morgan fingerprint density at radius 1 is 1.21 bits per heavy atom. The van der Waals surface area contributed by atoms with Crippen molar-refractivity contribution in [1.82, 2.24) is 0 Å². The summed E-state index contributed by atoms with van der Waals surface area (Å²) in [6.45, 7) is 10.00. The number of hydrogen-bond acceptors (Lipinski definition) is 3. The van der Waals surface area contributed by atoms with Gasteiger partial charge in [-0.3, -0.25) is 0 Å². The Hall–Kier alpha value is -0.900. The third-order valence-corrected chi connectivity index (χ3v) is 4.51. The zero-order valence-corrected chi connectivity index (χ0v) is 12.3. The first-order chi connectivity index (χ1) is 8.70. The van der Waals surface area contributed by atoms with Crippen molar-refractivity contribution in [3.8, 4) is 0 Å². The summed E-state index contributed by atoms with van der Waals surface area (Å²) in [6, 6.07) is 6.10. The van der Waals surface area contributed by atoms with E-state index in [1.54, 1.807) is 0 Å². The van der Waals surface area contributed by atoms with Gasteiger partial charge in [-0.1, -0.05) is 37.6 Å². The van der Waals surface area contributed by atoms with E-state index < -0.39 is 17.2 Å². The van der Waals surface area contributed by atoms with Crippen LogP contribution in [0.4, 0.5) is 0 Å². The number of fused-ring (bicyclic) bond motifs is 4. The molecule has 1 aromatic carbocycles. The molecule has 2 aliphatic rings. The molecular weight excluding hydrogens is 240 g/mol. The molecule has 3 nitrogen and oxygen atoms in total. The summed E-state index contributed by atoms with van der Waals surface area (Å²) < 4.78 is 12.2. The molecule has 2 aliphatic heterocycles. The lowest BCUT2D eigenvalue weighted by Gasteiger charge is -2.39. The van der Waals surface area contributed by atoms with Crippen LogP contribution in [0.15, 0.2) is 18.2 Å². The highest BCUT2D eigenvalue weighted by Gasteiger charge is 2.66. The lowest BCUT2D eigenvalue weighted by molar-refractivity contribution is -0.279. The Balaban J connectivity index is 2.23. The van der Waals surface area contributed by atoms with Crippen LogP contribution >= 0.6 is 0 Å². The highest BCUT2D eigenvalue weighted by molar-refractivity contribution is 5.40. The molecule has 2 bridgehead atoms. The number of benzene rings is 1. The number of aryl methyl sites for hydroxylation is 1. The average Bonchev–Trinajstić information content (AvgIpc) is 2.43. The summed E-state index contributed by atoms with van der Waals surface area (Å²) in [7, 11) is 0. The molecule has 0 aliphatic carbocycles. The van der Waals surface area contributed by atoms with Crippen LogP contribution in [-0.4, -0.2) is 16.5 Å². The van der Waals surface area contributed by atoms with E-state index in [-0.39, 0.29) is 5.92 Å². The summed E-state index contributed by atoms with van der Waals surface area (Å²) >= 11 is 0. The van der Waals surface area contributed by atoms with Gasteiger partial charge < -0.3 is 14.6 Å². The molecule has 3 heteroatoms. The molecule has 104 valence electrons. The van der Waals surface area contributed by atoms with Gasteiger partial charge in [0, 0.05) is 17.9 Å². The zero-order chi connectivity index (χ0) is 14.1. The van der Waals surface area contributed by atoms with Gasteiger partial charge in [-0.25, -0.2) is 0 Å². The second-order valence-corrected chi connectivity index (χ2v) is 6.66. The Bertz CT molecular complexity index is 535. The van der Waals surface area contributed by atoms with Crippen molar-refractivity contribution in [3.63, 3.8) is 0 Å². The normalized spacial score (nSPS) is 35.5. The summed E-state index contributed by atoms with van der Waals surface area (Å²) in [5.41, 5.74) is 2.42. The Morgan fingerprint density at radius 2 is 1.89 bits per heavy atom. The van der Waals surface area contributed by atoms with E-state index in [4.69, 9.17) is 9.47 Å². The lowest BCUT2D eigenvalue weighted by Crippen LogP contribution is -2.48. The van der Waals surface area contributed by atoms with Gasteiger partial charge in [0.25, 0.3) is 0 Å². The van der Waals surface area contributed by atoms with Crippen LogP contribution in [0.1, 0.15) is 44.4 Å². The summed E-state index contributed by atoms with van der Waals surface area (Å²) in [4.78, 5) is 0. The van der Waals surface area contributed by atoms with Crippen LogP contribution in [0.5, 0.6) is 0 Å². The van der Waals surface area contributed by atoms with E-state index >= 15 is 0 Å². The third-order valence-electron chi connectivity index (χ3n) is 4.51. The van der Waals surface area contributed by atoms with Crippen molar-refractivity contribution in [2.75, 3.05) is 0 Å². The molecule has 1 N–H and O–H groups in total. The molecule has 0 spiro atoms. The number of aliphatic hydroxyl groups is 1. The maximum atomic E-state index is 11.1. The topological polar surface area (TPSA) is 38.7 Å². The van der Waals surface area contributed by atoms with Crippen LogP contribution < -0.4 is 0 Å². The van der Waals surface area contributed by atoms with Gasteiger partial charge in [-0.05, 0) is 26.3 Å². The van der Waals surface area contributed by atoms with Crippen molar-refractivity contribution in [1.29, 1.82) is 0 Å².